The van der Waals surface area contributed by atoms with Gasteiger partial charge in [-0.2, -0.15) is 0 Å². The highest BCUT2D eigenvalue weighted by molar-refractivity contribution is 5.83. The molecule has 6 rings (SSSR count). The van der Waals surface area contributed by atoms with Gasteiger partial charge in [0.2, 0.25) is 11.8 Å². The van der Waals surface area contributed by atoms with Crippen LogP contribution in [0.3, 0.4) is 0 Å². The van der Waals surface area contributed by atoms with Gasteiger partial charge in [0.25, 0.3) is 0 Å². The van der Waals surface area contributed by atoms with Gasteiger partial charge in [-0.05, 0) is 49.3 Å². The highest BCUT2D eigenvalue weighted by Gasteiger charge is 2.49. The number of hydrogen-bond acceptors (Lipinski definition) is 3. The summed E-state index contributed by atoms with van der Waals surface area (Å²) in [6.45, 7) is 0.790. The molecule has 2 aromatic rings. The minimum Gasteiger partial charge on any atom is -0.381 e. The summed E-state index contributed by atoms with van der Waals surface area (Å²) >= 11 is 0. The van der Waals surface area contributed by atoms with Crippen molar-refractivity contribution in [3.8, 4) is 0 Å². The molecule has 2 aliphatic carbocycles. The molecule has 5 heteroatoms. The minimum atomic E-state index is -0.138. The lowest BCUT2D eigenvalue weighted by Gasteiger charge is -2.44. The van der Waals surface area contributed by atoms with Crippen LogP contribution in [-0.2, 0) is 16.0 Å². The van der Waals surface area contributed by atoms with Gasteiger partial charge in [0.1, 0.15) is 0 Å². The molecule has 2 amide bonds. The van der Waals surface area contributed by atoms with Crippen LogP contribution in [0.1, 0.15) is 62.1 Å². The molecule has 198 valence electrons. The number of nitrogens with zero attached hydrogens (tertiary/aromatic N) is 1. The Kier molecular flexibility index (Phi) is 7.35. The fourth-order valence-electron chi connectivity index (χ4n) is 7.30. The van der Waals surface area contributed by atoms with Crippen LogP contribution in [0, 0.1) is 17.8 Å². The van der Waals surface area contributed by atoms with Crippen LogP contribution in [0.4, 0.5) is 5.69 Å². The number of fused-ring (bicyclic) bond motifs is 3. The molecule has 2 aromatic carbocycles. The zero-order valence-electron chi connectivity index (χ0n) is 22.1. The summed E-state index contributed by atoms with van der Waals surface area (Å²) in [5.74, 6) is 0.975. The Morgan fingerprint density at radius 1 is 0.947 bits per heavy atom. The van der Waals surface area contributed by atoms with Gasteiger partial charge in [-0.15, -0.1) is 0 Å². The summed E-state index contributed by atoms with van der Waals surface area (Å²) in [7, 11) is 0. The van der Waals surface area contributed by atoms with E-state index in [1.807, 2.05) is 18.2 Å². The zero-order chi connectivity index (χ0) is 25.9. The van der Waals surface area contributed by atoms with Gasteiger partial charge in [0.05, 0.1) is 12.0 Å². The fraction of sp³-hybridized carbons (Fsp3) is 0.455. The first-order chi connectivity index (χ1) is 18.7. The van der Waals surface area contributed by atoms with Crippen LogP contribution in [-0.4, -0.2) is 35.3 Å². The van der Waals surface area contributed by atoms with E-state index in [2.05, 4.69) is 76.2 Å². The SMILES string of the molecule is O=C(CCc1ccccc1)N[C@@H]1CCCC[C@@H]1C(=O)N1CC[C@@H]2[C@H](C3C=CC=CC3)Nc3ccccc3[C@@H]21. The molecule has 38 heavy (non-hydrogen) atoms. The first kappa shape index (κ1) is 25.0. The van der Waals surface area contributed by atoms with E-state index in [4.69, 9.17) is 0 Å². The number of anilines is 1. The largest absolute Gasteiger partial charge is 0.381 e. The molecule has 6 atom stereocenters. The first-order valence-electron chi connectivity index (χ1n) is 14.5. The zero-order valence-corrected chi connectivity index (χ0v) is 22.1. The van der Waals surface area contributed by atoms with E-state index in [0.29, 0.717) is 24.3 Å². The maximum absolute atomic E-state index is 14.2. The maximum atomic E-state index is 14.2. The quantitative estimate of drug-likeness (QED) is 0.517. The number of likely N-dealkylation sites (tertiary alicyclic amines) is 1. The van der Waals surface area contributed by atoms with Crippen LogP contribution in [0.25, 0.3) is 0 Å². The Morgan fingerprint density at radius 3 is 2.61 bits per heavy atom. The summed E-state index contributed by atoms with van der Waals surface area (Å²) in [6.07, 6.45) is 16.0. The summed E-state index contributed by atoms with van der Waals surface area (Å²) in [4.78, 5) is 29.4. The maximum Gasteiger partial charge on any atom is 0.228 e. The second-order valence-electron chi connectivity index (χ2n) is 11.4. The van der Waals surface area contributed by atoms with E-state index in [0.717, 1.165) is 57.2 Å². The number of amides is 2. The Balaban J connectivity index is 1.19. The molecule has 2 heterocycles. The number of para-hydroxylation sites is 1. The summed E-state index contributed by atoms with van der Waals surface area (Å²) < 4.78 is 0. The van der Waals surface area contributed by atoms with Crippen molar-refractivity contribution in [1.82, 2.24) is 10.2 Å². The number of nitrogens with one attached hydrogen (secondary N) is 2. The van der Waals surface area contributed by atoms with Gasteiger partial charge in [0.15, 0.2) is 0 Å². The molecule has 1 unspecified atom stereocenters. The molecule has 2 fully saturated rings. The number of rotatable bonds is 6. The van der Waals surface area contributed by atoms with E-state index in [-0.39, 0.29) is 29.8 Å². The molecule has 0 spiro atoms. The molecule has 2 aliphatic heterocycles. The van der Waals surface area contributed by atoms with Gasteiger partial charge in [-0.25, -0.2) is 0 Å². The molecule has 0 radical (unpaired) electrons. The molecule has 0 aromatic heterocycles. The third-order valence-corrected chi connectivity index (χ3v) is 9.18. The van der Waals surface area contributed by atoms with Gasteiger partial charge in [-0.3, -0.25) is 9.59 Å². The topological polar surface area (TPSA) is 61.4 Å². The smallest absolute Gasteiger partial charge is 0.228 e. The van der Waals surface area contributed by atoms with E-state index < -0.39 is 0 Å². The second kappa shape index (κ2) is 11.2. The predicted octanol–water partition coefficient (Wildman–Crippen LogP) is 5.81. The third kappa shape index (κ3) is 5.03. The molecule has 4 aliphatic rings. The standard InChI is InChI=1S/C33H39N3O2/c37-30(20-19-23-11-3-1-4-12-23)34-29-18-10-8-16-26(29)33(38)36-22-21-27-31(24-13-5-2-6-14-24)35-28-17-9-7-15-25(28)32(27)36/h1-7,9,11-13,15,17,24,26-27,29,31-32,35H,8,10,14,16,18-22H2,(H,34,37)/t24?,26-,27+,29+,31-,32-/m0/s1. The molecule has 1 saturated carbocycles. The average molecular weight is 510 g/mol. The van der Waals surface area contributed by atoms with Crippen molar-refractivity contribution in [3.05, 3.63) is 90.0 Å². The Bertz CT molecular complexity index is 1210. The lowest BCUT2D eigenvalue weighted by molar-refractivity contribution is -0.139. The molecule has 0 bridgehead atoms. The summed E-state index contributed by atoms with van der Waals surface area (Å²) in [6, 6.07) is 19.0. The Hall–Kier alpha value is -3.34. The lowest BCUT2D eigenvalue weighted by Crippen LogP contribution is -2.51. The average Bonchev–Trinajstić information content (AvgIpc) is 3.42. The van der Waals surface area contributed by atoms with Crippen molar-refractivity contribution in [2.24, 2.45) is 17.8 Å². The molecule has 5 nitrogen and oxygen atoms in total. The highest BCUT2D eigenvalue weighted by Crippen LogP contribution is 2.49. The molecule has 1 saturated heterocycles. The van der Waals surface area contributed by atoms with E-state index in [1.54, 1.807) is 0 Å². The fourth-order valence-corrected chi connectivity index (χ4v) is 7.30. The van der Waals surface area contributed by atoms with Gasteiger partial charge < -0.3 is 15.5 Å². The van der Waals surface area contributed by atoms with E-state index >= 15 is 0 Å². The van der Waals surface area contributed by atoms with Crippen LogP contribution in [0.15, 0.2) is 78.9 Å². The van der Waals surface area contributed by atoms with Crippen molar-refractivity contribution in [2.45, 2.75) is 69.5 Å². The first-order valence-corrected chi connectivity index (χ1v) is 14.5. The number of hydrogen-bond donors (Lipinski definition) is 2. The predicted molar refractivity (Wildman–Crippen MR) is 151 cm³/mol. The highest BCUT2D eigenvalue weighted by atomic mass is 16.2. The number of carbonyl (C=O) groups excluding carboxylic acids is 2. The van der Waals surface area contributed by atoms with Crippen molar-refractivity contribution in [2.75, 3.05) is 11.9 Å². The molecular formula is C33H39N3O2. The van der Waals surface area contributed by atoms with Crippen LogP contribution in [0.5, 0.6) is 0 Å². The number of carbonyl (C=O) groups is 2. The van der Waals surface area contributed by atoms with E-state index in [9.17, 15) is 9.59 Å². The Morgan fingerprint density at radius 2 is 1.76 bits per heavy atom. The van der Waals surface area contributed by atoms with Crippen molar-refractivity contribution < 1.29 is 9.59 Å². The van der Waals surface area contributed by atoms with Crippen molar-refractivity contribution >= 4 is 17.5 Å². The van der Waals surface area contributed by atoms with Crippen molar-refractivity contribution in [1.29, 1.82) is 0 Å². The van der Waals surface area contributed by atoms with Crippen LogP contribution in [0.2, 0.25) is 0 Å². The summed E-state index contributed by atoms with van der Waals surface area (Å²) in [5, 5.41) is 7.14. The third-order valence-electron chi connectivity index (χ3n) is 9.18. The van der Waals surface area contributed by atoms with Crippen LogP contribution >= 0.6 is 0 Å². The van der Waals surface area contributed by atoms with Crippen LogP contribution < -0.4 is 10.6 Å². The van der Waals surface area contributed by atoms with Gasteiger partial charge in [0, 0.05) is 42.6 Å². The molecular weight excluding hydrogens is 470 g/mol. The normalized spacial score (nSPS) is 29.7. The van der Waals surface area contributed by atoms with E-state index in [1.165, 1.54) is 11.1 Å². The Labute approximate surface area is 226 Å². The minimum absolute atomic E-state index is 0.0577. The summed E-state index contributed by atoms with van der Waals surface area (Å²) in [5.41, 5.74) is 3.58. The number of aryl methyl sites for hydroxylation is 1. The monoisotopic (exact) mass is 509 g/mol. The second-order valence-corrected chi connectivity index (χ2v) is 11.4. The number of allylic oxidation sites excluding steroid dienone is 3. The lowest BCUT2D eigenvalue weighted by atomic mass is 9.75. The van der Waals surface area contributed by atoms with Crippen molar-refractivity contribution in [3.63, 3.8) is 0 Å². The number of benzene rings is 2. The van der Waals surface area contributed by atoms with Gasteiger partial charge in [-0.1, -0.05) is 85.7 Å². The molecule has 2 N–H and O–H groups in total. The van der Waals surface area contributed by atoms with Gasteiger partial charge >= 0.3 is 0 Å².